The van der Waals surface area contributed by atoms with Gasteiger partial charge in [-0.2, -0.15) is 10.5 Å². The molecule has 2 aromatic rings. The van der Waals surface area contributed by atoms with Gasteiger partial charge in [0.05, 0.1) is 9.85 Å². The fourth-order valence-electron chi connectivity index (χ4n) is 2.47. The first kappa shape index (κ1) is 21.0. The highest BCUT2D eigenvalue weighted by Gasteiger charge is 2.16. The molecule has 29 heavy (non-hydrogen) atoms. The molecule has 12 nitrogen and oxygen atoms in total. The topological polar surface area (TPSA) is 184 Å². The molecular formula is C17H16N8O4. The van der Waals surface area contributed by atoms with E-state index in [1.165, 1.54) is 0 Å². The standard InChI is InChI=1S/C17H16N8O4/c1-2-13(23-17-12(8-19)6-15(10-22-17)25(28)29)3-4-20-16-11(7-18)5-14(9-21-16)24(26)27/h5-6,9-10,13H,2-4H2,1H3,(H,20,21)(H,22,23)/t13-/m1/s1. The SMILES string of the molecule is CC[C@H](CCNc1ncc([N+](=O)[O-])cc1C#N)Nc1ncc([N+](=O)[O-])cc1C#N. The lowest BCUT2D eigenvalue weighted by Gasteiger charge is -2.18. The number of pyridine rings is 2. The lowest BCUT2D eigenvalue weighted by Crippen LogP contribution is -2.23. The molecule has 0 radical (unpaired) electrons. The fraction of sp³-hybridized carbons (Fsp3) is 0.294. The van der Waals surface area contributed by atoms with Crippen molar-refractivity contribution < 1.29 is 9.85 Å². The van der Waals surface area contributed by atoms with Crippen molar-refractivity contribution in [2.24, 2.45) is 0 Å². The van der Waals surface area contributed by atoms with Gasteiger partial charge in [0.15, 0.2) is 0 Å². The van der Waals surface area contributed by atoms with Crippen molar-refractivity contribution >= 4 is 23.0 Å². The van der Waals surface area contributed by atoms with Crippen LogP contribution in [0.1, 0.15) is 30.9 Å². The van der Waals surface area contributed by atoms with Gasteiger partial charge in [0.2, 0.25) is 0 Å². The number of nitro groups is 2. The summed E-state index contributed by atoms with van der Waals surface area (Å²) in [5.41, 5.74) is -0.415. The van der Waals surface area contributed by atoms with Crippen molar-refractivity contribution in [3.8, 4) is 12.1 Å². The van der Waals surface area contributed by atoms with Crippen LogP contribution >= 0.6 is 0 Å². The minimum atomic E-state index is -0.626. The van der Waals surface area contributed by atoms with Crippen molar-refractivity contribution in [2.45, 2.75) is 25.8 Å². The molecule has 148 valence electrons. The molecule has 1 atom stereocenters. The predicted octanol–water partition coefficient (Wildman–Crippen LogP) is 2.73. The van der Waals surface area contributed by atoms with E-state index in [9.17, 15) is 25.5 Å². The molecule has 2 rings (SSSR count). The molecule has 2 aromatic heterocycles. The van der Waals surface area contributed by atoms with Crippen LogP contribution in [0.5, 0.6) is 0 Å². The average Bonchev–Trinajstić information content (AvgIpc) is 2.72. The zero-order chi connectivity index (χ0) is 21.4. The summed E-state index contributed by atoms with van der Waals surface area (Å²) < 4.78 is 0. The van der Waals surface area contributed by atoms with Crippen LogP contribution in [0.2, 0.25) is 0 Å². The Bertz CT molecular complexity index is 1010. The van der Waals surface area contributed by atoms with Gasteiger partial charge in [-0.1, -0.05) is 6.92 Å². The highest BCUT2D eigenvalue weighted by molar-refractivity contribution is 5.57. The summed E-state index contributed by atoms with van der Waals surface area (Å²) in [6.45, 7) is 2.31. The second kappa shape index (κ2) is 9.57. The summed E-state index contributed by atoms with van der Waals surface area (Å²) in [5, 5.41) is 46.0. The molecule has 0 aromatic carbocycles. The Morgan fingerprint density at radius 3 is 2.03 bits per heavy atom. The molecule has 0 fully saturated rings. The first-order valence-electron chi connectivity index (χ1n) is 8.49. The number of hydrogen-bond donors (Lipinski definition) is 2. The molecule has 0 unspecified atom stereocenters. The normalized spacial score (nSPS) is 11.0. The van der Waals surface area contributed by atoms with Crippen LogP contribution in [0, 0.1) is 42.9 Å². The minimum absolute atomic E-state index is 0.0593. The molecule has 0 spiro atoms. The van der Waals surface area contributed by atoms with E-state index in [2.05, 4.69) is 20.6 Å². The smallest absolute Gasteiger partial charge is 0.289 e. The highest BCUT2D eigenvalue weighted by atomic mass is 16.6. The highest BCUT2D eigenvalue weighted by Crippen LogP contribution is 2.21. The number of nitriles is 2. The van der Waals surface area contributed by atoms with Crippen molar-refractivity contribution in [3.05, 3.63) is 55.9 Å². The largest absolute Gasteiger partial charge is 0.369 e. The Balaban J connectivity index is 2.03. The van der Waals surface area contributed by atoms with Gasteiger partial charge in [0.25, 0.3) is 11.4 Å². The molecule has 12 heteroatoms. The summed E-state index contributed by atoms with van der Waals surface area (Å²) >= 11 is 0. The summed E-state index contributed by atoms with van der Waals surface area (Å²) in [4.78, 5) is 28.2. The van der Waals surface area contributed by atoms with Gasteiger partial charge in [-0.25, -0.2) is 9.97 Å². The maximum Gasteiger partial charge on any atom is 0.289 e. The Kier molecular flexibility index (Phi) is 6.92. The van der Waals surface area contributed by atoms with E-state index in [4.69, 9.17) is 5.26 Å². The van der Waals surface area contributed by atoms with Crippen LogP contribution in [-0.4, -0.2) is 32.4 Å². The first-order valence-corrected chi connectivity index (χ1v) is 8.49. The lowest BCUT2D eigenvalue weighted by molar-refractivity contribution is -0.385. The molecule has 2 N–H and O–H groups in total. The van der Waals surface area contributed by atoms with Gasteiger partial charge < -0.3 is 10.6 Å². The number of anilines is 2. The maximum atomic E-state index is 10.8. The molecule has 2 heterocycles. The fourth-order valence-corrected chi connectivity index (χ4v) is 2.47. The quantitative estimate of drug-likeness (QED) is 0.471. The Morgan fingerprint density at radius 1 is 1.03 bits per heavy atom. The number of nitrogens with one attached hydrogen (secondary N) is 2. The van der Waals surface area contributed by atoms with Crippen molar-refractivity contribution in [1.82, 2.24) is 9.97 Å². The zero-order valence-electron chi connectivity index (χ0n) is 15.3. The van der Waals surface area contributed by atoms with Gasteiger partial charge in [0.1, 0.15) is 47.3 Å². The van der Waals surface area contributed by atoms with E-state index in [1.807, 2.05) is 19.1 Å². The molecule has 0 aliphatic rings. The third-order valence-corrected chi connectivity index (χ3v) is 4.03. The Labute approximate surface area is 165 Å². The molecule has 0 saturated heterocycles. The van der Waals surface area contributed by atoms with Crippen LogP contribution in [0.15, 0.2) is 24.5 Å². The third-order valence-electron chi connectivity index (χ3n) is 4.03. The zero-order valence-corrected chi connectivity index (χ0v) is 15.3. The molecule has 0 aliphatic heterocycles. The van der Waals surface area contributed by atoms with Gasteiger partial charge in [0, 0.05) is 24.7 Å². The molecule has 0 aliphatic carbocycles. The summed E-state index contributed by atoms with van der Waals surface area (Å²) in [6, 6.07) is 5.93. The van der Waals surface area contributed by atoms with E-state index >= 15 is 0 Å². The lowest BCUT2D eigenvalue weighted by atomic mass is 10.1. The summed E-state index contributed by atoms with van der Waals surface area (Å²) in [7, 11) is 0. The monoisotopic (exact) mass is 396 g/mol. The Hall–Kier alpha value is -4.32. The van der Waals surface area contributed by atoms with Crippen LogP contribution < -0.4 is 10.6 Å². The predicted molar refractivity (Wildman–Crippen MR) is 102 cm³/mol. The van der Waals surface area contributed by atoms with E-state index in [-0.39, 0.29) is 40.2 Å². The van der Waals surface area contributed by atoms with Gasteiger partial charge in [-0.15, -0.1) is 0 Å². The minimum Gasteiger partial charge on any atom is -0.369 e. The third kappa shape index (κ3) is 5.33. The second-order valence-electron chi connectivity index (χ2n) is 5.88. The van der Waals surface area contributed by atoms with Gasteiger partial charge in [-0.05, 0) is 12.8 Å². The second-order valence-corrected chi connectivity index (χ2v) is 5.88. The first-order chi connectivity index (χ1) is 13.9. The van der Waals surface area contributed by atoms with E-state index in [1.54, 1.807) is 0 Å². The van der Waals surface area contributed by atoms with Crippen LogP contribution in [-0.2, 0) is 0 Å². The van der Waals surface area contributed by atoms with E-state index < -0.39 is 9.85 Å². The number of aromatic nitrogens is 2. The van der Waals surface area contributed by atoms with E-state index in [0.29, 0.717) is 19.4 Å². The number of hydrogen-bond acceptors (Lipinski definition) is 10. The van der Waals surface area contributed by atoms with Gasteiger partial charge in [-0.3, -0.25) is 20.2 Å². The average molecular weight is 396 g/mol. The van der Waals surface area contributed by atoms with Crippen molar-refractivity contribution in [1.29, 1.82) is 10.5 Å². The van der Waals surface area contributed by atoms with Crippen molar-refractivity contribution in [2.75, 3.05) is 17.2 Å². The molecule has 0 saturated carbocycles. The summed E-state index contributed by atoms with van der Waals surface area (Å²) in [5.74, 6) is 0.482. The van der Waals surface area contributed by atoms with Crippen LogP contribution in [0.3, 0.4) is 0 Å². The number of rotatable bonds is 9. The summed E-state index contributed by atoms with van der Waals surface area (Å²) in [6.07, 6.45) is 3.36. The van der Waals surface area contributed by atoms with Crippen molar-refractivity contribution in [3.63, 3.8) is 0 Å². The Morgan fingerprint density at radius 2 is 1.55 bits per heavy atom. The van der Waals surface area contributed by atoms with Crippen LogP contribution in [0.25, 0.3) is 0 Å². The molecule has 0 bridgehead atoms. The van der Waals surface area contributed by atoms with E-state index in [0.717, 1.165) is 24.5 Å². The van der Waals surface area contributed by atoms with Gasteiger partial charge >= 0.3 is 0 Å². The maximum absolute atomic E-state index is 10.8. The van der Waals surface area contributed by atoms with Crippen LogP contribution in [0.4, 0.5) is 23.0 Å². The molecule has 0 amide bonds. The molecular weight excluding hydrogens is 380 g/mol. The number of nitrogens with zero attached hydrogens (tertiary/aromatic N) is 6.